The van der Waals surface area contributed by atoms with E-state index in [9.17, 15) is 5.11 Å². The van der Waals surface area contributed by atoms with Crippen molar-refractivity contribution in [1.29, 1.82) is 0 Å². The van der Waals surface area contributed by atoms with Gasteiger partial charge in [-0.25, -0.2) is 0 Å². The molecule has 0 saturated heterocycles. The average molecular weight is 279 g/mol. The van der Waals surface area contributed by atoms with Crippen LogP contribution in [0, 0.1) is 0 Å². The zero-order valence-electron chi connectivity index (χ0n) is 12.6. The molecular formula is C19H21NO. The Balaban J connectivity index is 2.02. The molecular weight excluding hydrogens is 258 g/mol. The average Bonchev–Trinajstić information content (AvgIpc) is 2.93. The summed E-state index contributed by atoms with van der Waals surface area (Å²) in [6.45, 7) is 1.04. The highest BCUT2D eigenvalue weighted by Gasteiger charge is 2.14. The minimum absolute atomic E-state index is 0.0804. The van der Waals surface area contributed by atoms with Crippen molar-refractivity contribution in [2.24, 2.45) is 0 Å². The van der Waals surface area contributed by atoms with Gasteiger partial charge in [-0.3, -0.25) is 0 Å². The first kappa shape index (κ1) is 14.1. The number of benzene rings is 2. The standard InChI is InChI=1S/C19H21NO/c1-20(2)12-14-7-8-16(11-14)18-10-9-15-5-3-4-6-17(15)19(18)13-21/h3-7,9-11,21H,8,12-13H2,1-2H3. The molecule has 0 heterocycles. The molecule has 108 valence electrons. The predicted molar refractivity (Wildman–Crippen MR) is 89.1 cm³/mol. The Bertz CT molecular complexity index is 725. The third-order valence-electron chi connectivity index (χ3n) is 3.99. The predicted octanol–water partition coefficient (Wildman–Crippen LogP) is 3.61. The number of fused-ring (bicyclic) bond motifs is 1. The maximum Gasteiger partial charge on any atom is 0.0693 e. The number of hydrogen-bond acceptors (Lipinski definition) is 2. The molecule has 2 heteroatoms. The number of allylic oxidation sites excluding steroid dienone is 2. The van der Waals surface area contributed by atoms with E-state index in [0.29, 0.717) is 0 Å². The second kappa shape index (κ2) is 5.84. The molecule has 2 nitrogen and oxygen atoms in total. The summed E-state index contributed by atoms with van der Waals surface area (Å²) in [5.74, 6) is 0. The maximum atomic E-state index is 9.84. The van der Waals surface area contributed by atoms with Crippen molar-refractivity contribution in [3.63, 3.8) is 0 Å². The number of aliphatic hydroxyl groups is 1. The van der Waals surface area contributed by atoms with Gasteiger partial charge in [0.1, 0.15) is 0 Å². The van der Waals surface area contributed by atoms with Crippen molar-refractivity contribution >= 4 is 16.3 Å². The largest absolute Gasteiger partial charge is 0.392 e. The van der Waals surface area contributed by atoms with Crippen LogP contribution in [0.15, 0.2) is 54.1 Å². The lowest BCUT2D eigenvalue weighted by molar-refractivity contribution is 0.283. The minimum atomic E-state index is 0.0804. The number of aliphatic hydroxyl groups excluding tert-OH is 1. The Morgan fingerprint density at radius 2 is 1.90 bits per heavy atom. The molecule has 0 unspecified atom stereocenters. The summed E-state index contributed by atoms with van der Waals surface area (Å²) < 4.78 is 0. The van der Waals surface area contributed by atoms with E-state index in [2.05, 4.69) is 55.4 Å². The second-order valence-electron chi connectivity index (χ2n) is 5.86. The smallest absolute Gasteiger partial charge is 0.0693 e. The van der Waals surface area contributed by atoms with Gasteiger partial charge in [-0.2, -0.15) is 0 Å². The van der Waals surface area contributed by atoms with Crippen LogP contribution in [-0.4, -0.2) is 30.6 Å². The Hall–Kier alpha value is -1.90. The van der Waals surface area contributed by atoms with Crippen LogP contribution in [0.4, 0.5) is 0 Å². The molecule has 0 atom stereocenters. The number of nitrogens with zero attached hydrogens (tertiary/aromatic N) is 1. The molecule has 3 rings (SSSR count). The van der Waals surface area contributed by atoms with Gasteiger partial charge in [0.05, 0.1) is 6.61 Å². The maximum absolute atomic E-state index is 9.84. The van der Waals surface area contributed by atoms with Crippen molar-refractivity contribution in [2.45, 2.75) is 13.0 Å². The first-order valence-corrected chi connectivity index (χ1v) is 7.35. The second-order valence-corrected chi connectivity index (χ2v) is 5.86. The Morgan fingerprint density at radius 3 is 2.67 bits per heavy atom. The molecule has 0 bridgehead atoms. The molecule has 1 N–H and O–H groups in total. The fourth-order valence-electron chi connectivity index (χ4n) is 3.05. The number of hydrogen-bond donors (Lipinski definition) is 1. The number of rotatable bonds is 4. The van der Waals surface area contributed by atoms with Crippen LogP contribution in [0.3, 0.4) is 0 Å². The quantitative estimate of drug-likeness (QED) is 0.924. The van der Waals surface area contributed by atoms with Gasteiger partial charge in [0, 0.05) is 6.54 Å². The molecule has 1 aliphatic carbocycles. The highest BCUT2D eigenvalue weighted by atomic mass is 16.3. The van der Waals surface area contributed by atoms with E-state index < -0.39 is 0 Å². The molecule has 1 aliphatic rings. The number of likely N-dealkylation sites (N-methyl/N-ethyl adjacent to an activating group) is 1. The fraction of sp³-hybridized carbons (Fsp3) is 0.263. The molecule has 21 heavy (non-hydrogen) atoms. The molecule has 0 amide bonds. The van der Waals surface area contributed by atoms with Gasteiger partial charge >= 0.3 is 0 Å². The van der Waals surface area contributed by atoms with E-state index in [1.54, 1.807) is 0 Å². The van der Waals surface area contributed by atoms with Crippen LogP contribution in [0.5, 0.6) is 0 Å². The van der Waals surface area contributed by atoms with Crippen molar-refractivity contribution in [3.05, 3.63) is 65.3 Å². The van der Waals surface area contributed by atoms with Gasteiger partial charge in [0.2, 0.25) is 0 Å². The van der Waals surface area contributed by atoms with E-state index in [-0.39, 0.29) is 6.61 Å². The molecule has 0 spiro atoms. The summed E-state index contributed by atoms with van der Waals surface area (Å²) in [5.41, 5.74) is 4.88. The summed E-state index contributed by atoms with van der Waals surface area (Å²) in [5, 5.41) is 12.2. The first-order valence-electron chi connectivity index (χ1n) is 7.35. The van der Waals surface area contributed by atoms with Crippen molar-refractivity contribution in [2.75, 3.05) is 20.6 Å². The first-order chi connectivity index (χ1) is 10.2. The highest BCUT2D eigenvalue weighted by molar-refractivity contribution is 5.91. The van der Waals surface area contributed by atoms with Crippen LogP contribution < -0.4 is 0 Å². The Labute approximate surface area is 126 Å². The van der Waals surface area contributed by atoms with Crippen LogP contribution in [-0.2, 0) is 6.61 Å². The van der Waals surface area contributed by atoms with Gasteiger partial charge in [0.25, 0.3) is 0 Å². The van der Waals surface area contributed by atoms with Crippen molar-refractivity contribution in [1.82, 2.24) is 4.90 Å². The summed E-state index contributed by atoms with van der Waals surface area (Å²) in [6, 6.07) is 12.5. The SMILES string of the molecule is CN(C)CC1=CCC(c2ccc3ccccc3c2CO)=C1. The van der Waals surface area contributed by atoms with Crippen molar-refractivity contribution < 1.29 is 5.11 Å². The normalized spacial score (nSPS) is 14.7. The van der Waals surface area contributed by atoms with Gasteiger partial charge < -0.3 is 10.0 Å². The lowest BCUT2D eigenvalue weighted by atomic mass is 9.94. The lowest BCUT2D eigenvalue weighted by Gasteiger charge is -2.12. The van der Waals surface area contributed by atoms with Gasteiger partial charge in [-0.05, 0) is 53.6 Å². The highest BCUT2D eigenvalue weighted by Crippen LogP contribution is 2.33. The monoisotopic (exact) mass is 279 g/mol. The lowest BCUT2D eigenvalue weighted by Crippen LogP contribution is -2.13. The summed E-state index contributed by atoms with van der Waals surface area (Å²) in [4.78, 5) is 2.18. The summed E-state index contributed by atoms with van der Waals surface area (Å²) in [6.07, 6.45) is 5.50. The van der Waals surface area contributed by atoms with E-state index >= 15 is 0 Å². The molecule has 2 aromatic rings. The molecule has 0 radical (unpaired) electrons. The fourth-order valence-corrected chi connectivity index (χ4v) is 3.05. The van der Waals surface area contributed by atoms with E-state index in [1.165, 1.54) is 22.1 Å². The Kier molecular flexibility index (Phi) is 3.91. The zero-order valence-corrected chi connectivity index (χ0v) is 12.6. The molecule has 2 aromatic carbocycles. The third kappa shape index (κ3) is 2.78. The minimum Gasteiger partial charge on any atom is -0.392 e. The van der Waals surface area contributed by atoms with Gasteiger partial charge in [-0.15, -0.1) is 0 Å². The van der Waals surface area contributed by atoms with Crippen LogP contribution >= 0.6 is 0 Å². The van der Waals surface area contributed by atoms with Crippen LogP contribution in [0.2, 0.25) is 0 Å². The van der Waals surface area contributed by atoms with Crippen LogP contribution in [0.1, 0.15) is 17.5 Å². The molecule has 0 fully saturated rings. The van der Waals surface area contributed by atoms with Gasteiger partial charge in [0.15, 0.2) is 0 Å². The Morgan fingerprint density at radius 1 is 1.10 bits per heavy atom. The zero-order chi connectivity index (χ0) is 14.8. The molecule has 0 aliphatic heterocycles. The van der Waals surface area contributed by atoms with Crippen LogP contribution in [0.25, 0.3) is 16.3 Å². The molecule has 0 aromatic heterocycles. The summed E-state index contributed by atoms with van der Waals surface area (Å²) in [7, 11) is 4.17. The topological polar surface area (TPSA) is 23.5 Å². The van der Waals surface area contributed by atoms with E-state index in [4.69, 9.17) is 0 Å². The van der Waals surface area contributed by atoms with E-state index in [1.807, 2.05) is 12.1 Å². The van der Waals surface area contributed by atoms with Crippen molar-refractivity contribution in [3.8, 4) is 0 Å². The van der Waals surface area contributed by atoms with Gasteiger partial charge in [-0.1, -0.05) is 48.6 Å². The van der Waals surface area contributed by atoms with E-state index in [0.717, 1.165) is 23.9 Å². The summed E-state index contributed by atoms with van der Waals surface area (Å²) >= 11 is 0. The third-order valence-corrected chi connectivity index (χ3v) is 3.99. The molecule has 0 saturated carbocycles.